The second-order valence-electron chi connectivity index (χ2n) is 7.82. The third kappa shape index (κ3) is 4.65. The van der Waals surface area contributed by atoms with Gasteiger partial charge in [-0.2, -0.15) is 0 Å². The van der Waals surface area contributed by atoms with E-state index in [9.17, 15) is 0 Å². The summed E-state index contributed by atoms with van der Waals surface area (Å²) in [5.41, 5.74) is 12.2. The van der Waals surface area contributed by atoms with E-state index in [4.69, 9.17) is 15.2 Å². The highest BCUT2D eigenvalue weighted by atomic mass is 16.5. The molecule has 0 amide bonds. The van der Waals surface area contributed by atoms with Gasteiger partial charge in [0.25, 0.3) is 0 Å². The zero-order chi connectivity index (χ0) is 19.3. The van der Waals surface area contributed by atoms with Crippen molar-refractivity contribution >= 4 is 11.6 Å². The van der Waals surface area contributed by atoms with Crippen LogP contribution in [0.3, 0.4) is 0 Å². The molecule has 4 rings (SSSR count). The first kappa shape index (κ1) is 18.8. The number of hydrogen-bond donors (Lipinski definition) is 2. The number of benzene rings is 2. The monoisotopic (exact) mass is 379 g/mol. The van der Waals surface area contributed by atoms with Crippen LogP contribution in [0.4, 0.5) is 5.69 Å². The Morgan fingerprint density at radius 2 is 2.11 bits per heavy atom. The molecular weight excluding hydrogens is 350 g/mol. The van der Waals surface area contributed by atoms with Gasteiger partial charge in [-0.15, -0.1) is 0 Å². The second-order valence-corrected chi connectivity index (χ2v) is 7.82. The van der Waals surface area contributed by atoms with Crippen LogP contribution in [-0.2, 0) is 24.1 Å². The summed E-state index contributed by atoms with van der Waals surface area (Å²) in [4.78, 5) is 4.53. The molecule has 0 spiro atoms. The molecular formula is C23H29N3O2. The Bertz CT molecular complexity index is 857. The van der Waals surface area contributed by atoms with Crippen molar-refractivity contribution in [1.82, 2.24) is 0 Å². The summed E-state index contributed by atoms with van der Waals surface area (Å²) in [6, 6.07) is 12.7. The van der Waals surface area contributed by atoms with Crippen molar-refractivity contribution in [3.63, 3.8) is 0 Å². The maximum Gasteiger partial charge on any atom is 0.193 e. The molecule has 2 aromatic rings. The number of hydrogen-bond acceptors (Lipinski definition) is 3. The number of nitrogens with zero attached hydrogens (tertiary/aromatic N) is 1. The summed E-state index contributed by atoms with van der Waals surface area (Å²) in [6.45, 7) is 4.87. The quantitative estimate of drug-likeness (QED) is 0.591. The summed E-state index contributed by atoms with van der Waals surface area (Å²) < 4.78 is 11.5. The molecule has 2 aliphatic rings. The molecule has 2 aromatic carbocycles. The fourth-order valence-corrected chi connectivity index (χ4v) is 3.86. The number of guanidine groups is 1. The van der Waals surface area contributed by atoms with Crippen molar-refractivity contribution in [2.24, 2.45) is 16.6 Å². The van der Waals surface area contributed by atoms with Gasteiger partial charge in [0, 0.05) is 23.8 Å². The fraction of sp³-hybridized carbons (Fsp3) is 0.435. The molecule has 3 N–H and O–H groups in total. The van der Waals surface area contributed by atoms with Crippen molar-refractivity contribution in [3.05, 3.63) is 58.7 Å². The summed E-state index contributed by atoms with van der Waals surface area (Å²) >= 11 is 0. The molecule has 1 heterocycles. The Balaban J connectivity index is 1.39. The van der Waals surface area contributed by atoms with Crippen LogP contribution in [0.5, 0.6) is 5.75 Å². The van der Waals surface area contributed by atoms with E-state index >= 15 is 0 Å². The molecule has 1 saturated heterocycles. The first-order valence-electron chi connectivity index (χ1n) is 10.2. The van der Waals surface area contributed by atoms with Crippen molar-refractivity contribution in [2.75, 3.05) is 25.1 Å². The number of fused-ring (bicyclic) bond motifs is 1. The van der Waals surface area contributed by atoms with Crippen LogP contribution in [0.15, 0.2) is 41.4 Å². The van der Waals surface area contributed by atoms with Crippen molar-refractivity contribution in [3.8, 4) is 5.75 Å². The first-order chi connectivity index (χ1) is 13.7. The zero-order valence-corrected chi connectivity index (χ0v) is 16.5. The summed E-state index contributed by atoms with van der Waals surface area (Å²) in [6.07, 6.45) is 4.64. The van der Waals surface area contributed by atoms with Crippen LogP contribution in [-0.4, -0.2) is 25.8 Å². The van der Waals surface area contributed by atoms with Gasteiger partial charge in [0.2, 0.25) is 0 Å². The van der Waals surface area contributed by atoms with Gasteiger partial charge in [-0.05, 0) is 67.5 Å². The van der Waals surface area contributed by atoms with Crippen LogP contribution in [0.2, 0.25) is 0 Å². The lowest BCUT2D eigenvalue weighted by Crippen LogP contribution is -2.22. The highest BCUT2D eigenvalue weighted by Crippen LogP contribution is 2.25. The van der Waals surface area contributed by atoms with Crippen molar-refractivity contribution in [1.29, 1.82) is 0 Å². The largest absolute Gasteiger partial charge is 0.493 e. The average molecular weight is 380 g/mol. The summed E-state index contributed by atoms with van der Waals surface area (Å²) in [5.74, 6) is 1.79. The van der Waals surface area contributed by atoms with Crippen LogP contribution >= 0.6 is 0 Å². The number of anilines is 1. The molecule has 0 radical (unpaired) electrons. The Morgan fingerprint density at radius 1 is 1.21 bits per heavy atom. The number of ether oxygens (including phenoxy) is 2. The fourth-order valence-electron chi connectivity index (χ4n) is 3.86. The van der Waals surface area contributed by atoms with E-state index in [1.807, 2.05) is 0 Å². The topological polar surface area (TPSA) is 68.9 Å². The lowest BCUT2D eigenvalue weighted by Gasteiger charge is -2.14. The maximum atomic E-state index is 6.13. The molecule has 0 aromatic heterocycles. The van der Waals surface area contributed by atoms with E-state index in [2.05, 4.69) is 53.6 Å². The Labute approximate surface area is 167 Å². The van der Waals surface area contributed by atoms with Crippen LogP contribution in [0.1, 0.15) is 35.1 Å². The van der Waals surface area contributed by atoms with Gasteiger partial charge in [0.15, 0.2) is 5.96 Å². The predicted molar refractivity (Wildman–Crippen MR) is 113 cm³/mol. The summed E-state index contributed by atoms with van der Waals surface area (Å²) in [5, 5.41) is 3.22. The van der Waals surface area contributed by atoms with Crippen LogP contribution in [0, 0.1) is 12.8 Å². The number of aliphatic imine (C=N–C) groups is 1. The minimum atomic E-state index is 0.425. The molecule has 0 saturated carbocycles. The normalized spacial score (nSPS) is 18.9. The second kappa shape index (κ2) is 8.65. The number of rotatable bonds is 6. The van der Waals surface area contributed by atoms with Crippen LogP contribution in [0.25, 0.3) is 0 Å². The van der Waals surface area contributed by atoms with Gasteiger partial charge in [-0.1, -0.05) is 18.2 Å². The van der Waals surface area contributed by atoms with Crippen LogP contribution < -0.4 is 15.8 Å². The van der Waals surface area contributed by atoms with Gasteiger partial charge in [-0.3, -0.25) is 0 Å². The zero-order valence-electron chi connectivity index (χ0n) is 16.5. The molecule has 1 atom stereocenters. The maximum absolute atomic E-state index is 6.13. The average Bonchev–Trinajstić information content (AvgIpc) is 3.37. The minimum Gasteiger partial charge on any atom is -0.493 e. The van der Waals surface area contributed by atoms with E-state index in [0.29, 0.717) is 25.0 Å². The van der Waals surface area contributed by atoms with E-state index < -0.39 is 0 Å². The standard InChI is InChI=1S/C23H29N3O2/c1-16-5-6-20(22(11-16)28-15-17-9-10-27-14-17)13-25-23(24)26-21-8-7-18-3-2-4-19(18)12-21/h5-8,11-12,17H,2-4,9-10,13-15H2,1H3,(H3,24,25,26). The van der Waals surface area contributed by atoms with E-state index in [1.165, 1.54) is 29.5 Å². The molecule has 0 bridgehead atoms. The molecule has 1 aliphatic carbocycles. The van der Waals surface area contributed by atoms with Gasteiger partial charge in [0.1, 0.15) is 5.75 Å². The smallest absolute Gasteiger partial charge is 0.193 e. The first-order valence-corrected chi connectivity index (χ1v) is 10.2. The minimum absolute atomic E-state index is 0.425. The third-order valence-corrected chi connectivity index (χ3v) is 5.51. The van der Waals surface area contributed by atoms with Gasteiger partial charge in [0.05, 0.1) is 19.8 Å². The number of nitrogens with two attached hydrogens (primary N) is 1. The van der Waals surface area contributed by atoms with Crippen molar-refractivity contribution < 1.29 is 9.47 Å². The summed E-state index contributed by atoms with van der Waals surface area (Å²) in [7, 11) is 0. The molecule has 1 fully saturated rings. The predicted octanol–water partition coefficient (Wildman–Crippen LogP) is 3.83. The Morgan fingerprint density at radius 3 is 2.96 bits per heavy atom. The molecule has 1 unspecified atom stereocenters. The number of aryl methyl sites for hydroxylation is 3. The van der Waals surface area contributed by atoms with E-state index in [0.717, 1.165) is 43.1 Å². The molecule has 5 heteroatoms. The Hall–Kier alpha value is -2.53. The number of nitrogens with one attached hydrogen (secondary N) is 1. The molecule has 5 nitrogen and oxygen atoms in total. The van der Waals surface area contributed by atoms with Gasteiger partial charge < -0.3 is 20.5 Å². The molecule has 1 aliphatic heterocycles. The van der Waals surface area contributed by atoms with E-state index in [1.54, 1.807) is 0 Å². The lowest BCUT2D eigenvalue weighted by molar-refractivity contribution is 0.166. The van der Waals surface area contributed by atoms with Gasteiger partial charge in [-0.25, -0.2) is 4.99 Å². The Kier molecular flexibility index (Phi) is 5.81. The van der Waals surface area contributed by atoms with Gasteiger partial charge >= 0.3 is 0 Å². The molecule has 28 heavy (non-hydrogen) atoms. The van der Waals surface area contributed by atoms with Crippen molar-refractivity contribution in [2.45, 2.75) is 39.2 Å². The third-order valence-electron chi connectivity index (χ3n) is 5.51. The highest BCUT2D eigenvalue weighted by Gasteiger charge is 2.17. The SMILES string of the molecule is Cc1ccc(CN=C(N)Nc2ccc3c(c2)CCC3)c(OCC2CCOC2)c1. The lowest BCUT2D eigenvalue weighted by atomic mass is 10.1. The van der Waals surface area contributed by atoms with E-state index in [-0.39, 0.29) is 0 Å². The highest BCUT2D eigenvalue weighted by molar-refractivity contribution is 5.92. The molecule has 148 valence electrons.